The van der Waals surface area contributed by atoms with Crippen LogP contribution in [0.4, 0.5) is 0 Å². The Morgan fingerprint density at radius 2 is 1.85 bits per heavy atom. The Hall–Kier alpha value is -3.78. The lowest BCUT2D eigenvalue weighted by atomic mass is 10.2. The zero-order valence-corrected chi connectivity index (χ0v) is 14.9. The normalized spacial score (nSPS) is 10.9. The maximum atomic E-state index is 12.4. The summed E-state index contributed by atoms with van der Waals surface area (Å²) < 4.78 is 7.08. The fourth-order valence-electron chi connectivity index (χ4n) is 2.66. The number of hydrogen-bond donors (Lipinski definition) is 1. The summed E-state index contributed by atoms with van der Waals surface area (Å²) in [7, 11) is 1.62. The van der Waals surface area contributed by atoms with Gasteiger partial charge >= 0.3 is 0 Å². The van der Waals surface area contributed by atoms with E-state index >= 15 is 0 Å². The molecule has 1 N–H and O–H groups in total. The number of ether oxygens (including phenoxy) is 1. The van der Waals surface area contributed by atoms with Crippen LogP contribution in [0.15, 0.2) is 78.5 Å². The first-order chi connectivity index (χ1) is 13.2. The van der Waals surface area contributed by atoms with Crippen LogP contribution in [-0.2, 0) is 11.3 Å². The zero-order chi connectivity index (χ0) is 19.1. The van der Waals surface area contributed by atoms with Crippen molar-refractivity contribution in [2.45, 2.75) is 6.54 Å². The van der Waals surface area contributed by atoms with Crippen molar-refractivity contribution in [1.29, 1.82) is 5.26 Å². The highest BCUT2D eigenvalue weighted by Gasteiger charge is 2.11. The minimum Gasteiger partial charge on any atom is -0.497 e. The van der Waals surface area contributed by atoms with Crippen LogP contribution in [0, 0.1) is 11.3 Å². The molecule has 0 fully saturated rings. The van der Waals surface area contributed by atoms with E-state index in [2.05, 4.69) is 5.32 Å². The number of rotatable bonds is 6. The highest BCUT2D eigenvalue weighted by atomic mass is 16.5. The van der Waals surface area contributed by atoms with E-state index in [0.717, 1.165) is 22.7 Å². The molecule has 3 rings (SSSR count). The molecule has 27 heavy (non-hydrogen) atoms. The van der Waals surface area contributed by atoms with Crippen molar-refractivity contribution in [3.05, 3.63) is 89.8 Å². The molecule has 0 radical (unpaired) electrons. The molecule has 0 spiro atoms. The second-order valence-electron chi connectivity index (χ2n) is 5.84. The molecule has 0 saturated heterocycles. The van der Waals surface area contributed by atoms with Gasteiger partial charge in [-0.3, -0.25) is 4.79 Å². The van der Waals surface area contributed by atoms with Crippen LogP contribution >= 0.6 is 0 Å². The third-order valence-electron chi connectivity index (χ3n) is 4.08. The van der Waals surface area contributed by atoms with Gasteiger partial charge in [0.15, 0.2) is 0 Å². The van der Waals surface area contributed by atoms with Gasteiger partial charge in [-0.25, -0.2) is 0 Å². The van der Waals surface area contributed by atoms with Gasteiger partial charge in [-0.2, -0.15) is 5.26 Å². The van der Waals surface area contributed by atoms with Gasteiger partial charge in [0.1, 0.15) is 17.4 Å². The fourth-order valence-corrected chi connectivity index (χ4v) is 2.66. The lowest BCUT2D eigenvalue weighted by Gasteiger charge is -2.09. The number of benzene rings is 2. The first-order valence-corrected chi connectivity index (χ1v) is 8.47. The minimum absolute atomic E-state index is 0.0550. The summed E-state index contributed by atoms with van der Waals surface area (Å²) in [6.45, 7) is 0.373. The zero-order valence-electron chi connectivity index (χ0n) is 14.9. The van der Waals surface area contributed by atoms with Crippen LogP contribution in [0.3, 0.4) is 0 Å². The van der Waals surface area contributed by atoms with Gasteiger partial charge in [-0.15, -0.1) is 0 Å². The number of amides is 1. The molecule has 5 nitrogen and oxygen atoms in total. The second-order valence-corrected chi connectivity index (χ2v) is 5.84. The Labute approximate surface area is 158 Å². The summed E-state index contributed by atoms with van der Waals surface area (Å²) in [5, 5.41) is 12.2. The predicted molar refractivity (Wildman–Crippen MR) is 104 cm³/mol. The largest absolute Gasteiger partial charge is 0.497 e. The molecule has 0 unspecified atom stereocenters. The van der Waals surface area contributed by atoms with E-state index in [9.17, 15) is 10.1 Å². The van der Waals surface area contributed by atoms with E-state index in [1.165, 1.54) is 0 Å². The number of aromatic nitrogens is 1. The standard InChI is InChI=1S/C22H19N3O2/c1-27-21-11-9-19(10-12-21)25-13-5-8-20(25)14-18(15-23)22(26)24-16-17-6-3-2-4-7-17/h2-14H,16H2,1H3,(H,24,26). The Balaban J connectivity index is 1.78. The summed E-state index contributed by atoms with van der Waals surface area (Å²) in [6.07, 6.45) is 3.47. The number of nitriles is 1. The molecule has 1 aromatic heterocycles. The third kappa shape index (κ3) is 4.44. The van der Waals surface area contributed by atoms with Crippen molar-refractivity contribution in [3.8, 4) is 17.5 Å². The van der Waals surface area contributed by atoms with Gasteiger partial charge < -0.3 is 14.6 Å². The molecule has 0 atom stereocenters. The van der Waals surface area contributed by atoms with Gasteiger partial charge in [0.25, 0.3) is 5.91 Å². The third-order valence-corrected chi connectivity index (χ3v) is 4.08. The van der Waals surface area contributed by atoms with Crippen molar-refractivity contribution >= 4 is 12.0 Å². The number of methoxy groups -OCH3 is 1. The van der Waals surface area contributed by atoms with Gasteiger partial charge in [-0.05, 0) is 48.0 Å². The molecule has 2 aromatic carbocycles. The molecule has 0 bridgehead atoms. The van der Waals surface area contributed by atoms with Gasteiger partial charge in [0, 0.05) is 24.1 Å². The predicted octanol–water partition coefficient (Wildman–Crippen LogP) is 3.71. The quantitative estimate of drug-likeness (QED) is 0.540. The lowest BCUT2D eigenvalue weighted by molar-refractivity contribution is -0.117. The van der Waals surface area contributed by atoms with Crippen LogP contribution < -0.4 is 10.1 Å². The number of nitrogens with one attached hydrogen (secondary N) is 1. The fraction of sp³-hybridized carbons (Fsp3) is 0.0909. The average Bonchev–Trinajstić information content (AvgIpc) is 3.19. The minimum atomic E-state index is -0.399. The Kier molecular flexibility index (Phi) is 5.70. The topological polar surface area (TPSA) is 67.0 Å². The van der Waals surface area contributed by atoms with Gasteiger partial charge in [-0.1, -0.05) is 30.3 Å². The van der Waals surface area contributed by atoms with Crippen LogP contribution in [-0.4, -0.2) is 17.6 Å². The molecule has 0 saturated carbocycles. The van der Waals surface area contributed by atoms with Crippen molar-refractivity contribution < 1.29 is 9.53 Å². The molecular formula is C22H19N3O2. The number of hydrogen-bond acceptors (Lipinski definition) is 3. The number of carbonyl (C=O) groups excluding carboxylic acids is 1. The van der Waals surface area contributed by atoms with Crippen LogP contribution in [0.2, 0.25) is 0 Å². The van der Waals surface area contributed by atoms with Crippen molar-refractivity contribution in [1.82, 2.24) is 9.88 Å². The lowest BCUT2D eigenvalue weighted by Crippen LogP contribution is -2.24. The molecule has 0 aliphatic carbocycles. The van der Waals surface area contributed by atoms with Crippen LogP contribution in [0.1, 0.15) is 11.3 Å². The molecule has 0 aliphatic rings. The summed E-state index contributed by atoms with van der Waals surface area (Å²) in [5.74, 6) is 0.366. The van der Waals surface area contributed by atoms with Gasteiger partial charge in [0.2, 0.25) is 0 Å². The van der Waals surface area contributed by atoms with Crippen LogP contribution in [0.25, 0.3) is 11.8 Å². The summed E-state index contributed by atoms with van der Waals surface area (Å²) >= 11 is 0. The molecule has 1 amide bonds. The molecule has 3 aromatic rings. The SMILES string of the molecule is COc1ccc(-n2cccc2C=C(C#N)C(=O)NCc2ccccc2)cc1. The van der Waals surface area contributed by atoms with E-state index < -0.39 is 5.91 Å². The van der Waals surface area contributed by atoms with E-state index in [1.54, 1.807) is 13.2 Å². The summed E-state index contributed by atoms with van der Waals surface area (Å²) in [4.78, 5) is 12.4. The van der Waals surface area contributed by atoms with Crippen molar-refractivity contribution in [2.75, 3.05) is 7.11 Å². The number of carbonyl (C=O) groups is 1. The Morgan fingerprint density at radius 1 is 1.11 bits per heavy atom. The maximum Gasteiger partial charge on any atom is 0.262 e. The Bertz CT molecular complexity index is 980. The van der Waals surface area contributed by atoms with Gasteiger partial charge in [0.05, 0.1) is 7.11 Å². The highest BCUT2D eigenvalue weighted by molar-refractivity contribution is 6.01. The van der Waals surface area contributed by atoms with Crippen LogP contribution in [0.5, 0.6) is 5.75 Å². The second kappa shape index (κ2) is 8.54. The average molecular weight is 357 g/mol. The molecule has 5 heteroatoms. The highest BCUT2D eigenvalue weighted by Crippen LogP contribution is 2.19. The van der Waals surface area contributed by atoms with Crippen molar-refractivity contribution in [3.63, 3.8) is 0 Å². The Morgan fingerprint density at radius 3 is 2.52 bits per heavy atom. The smallest absolute Gasteiger partial charge is 0.262 e. The molecule has 134 valence electrons. The van der Waals surface area contributed by atoms with E-state index in [1.807, 2.05) is 83.6 Å². The molecular weight excluding hydrogens is 338 g/mol. The molecule has 1 heterocycles. The van der Waals surface area contributed by atoms with E-state index in [4.69, 9.17) is 4.74 Å². The van der Waals surface area contributed by atoms with Crippen molar-refractivity contribution in [2.24, 2.45) is 0 Å². The molecule has 0 aliphatic heterocycles. The number of nitrogens with zero attached hydrogens (tertiary/aromatic N) is 2. The summed E-state index contributed by atoms with van der Waals surface area (Å²) in [5.41, 5.74) is 2.68. The summed E-state index contributed by atoms with van der Waals surface area (Å²) in [6, 6.07) is 22.8. The first kappa shape index (κ1) is 18.0. The maximum absolute atomic E-state index is 12.4. The van der Waals surface area contributed by atoms with E-state index in [-0.39, 0.29) is 5.57 Å². The first-order valence-electron chi connectivity index (χ1n) is 8.47. The van der Waals surface area contributed by atoms with E-state index in [0.29, 0.717) is 6.54 Å². The monoisotopic (exact) mass is 357 g/mol.